The molecule has 2 heterocycles. The van der Waals surface area contributed by atoms with Gasteiger partial charge in [-0.15, -0.1) is 0 Å². The first-order valence-corrected chi connectivity index (χ1v) is 10.8. The van der Waals surface area contributed by atoms with Crippen LogP contribution >= 0.6 is 0 Å². The van der Waals surface area contributed by atoms with Gasteiger partial charge in [0.15, 0.2) is 12.2 Å². The minimum atomic E-state index is -1.39. The molecule has 0 aliphatic carbocycles. The second-order valence-corrected chi connectivity index (χ2v) is 8.67. The van der Waals surface area contributed by atoms with Crippen LogP contribution in [-0.2, 0) is 14.2 Å². The number of methoxy groups -OCH3 is 1. The van der Waals surface area contributed by atoms with Gasteiger partial charge < -0.3 is 34.2 Å². The second kappa shape index (κ2) is 9.09. The first kappa shape index (κ1) is 23.7. The molecule has 34 heavy (non-hydrogen) atoms. The number of fused-ring (bicyclic) bond motifs is 1. The Hall–Kier alpha value is -3.40. The van der Waals surface area contributed by atoms with Gasteiger partial charge in [-0.2, -0.15) is 0 Å². The average Bonchev–Trinajstić information content (AvgIpc) is 2.77. The number of aryl methyl sites for hydroxylation is 1. The molecule has 2 unspecified atom stereocenters. The summed E-state index contributed by atoms with van der Waals surface area (Å²) in [6, 6.07) is 14.3. The number of carbonyl (C=O) groups is 1. The van der Waals surface area contributed by atoms with Gasteiger partial charge in [0.25, 0.3) is 0 Å². The van der Waals surface area contributed by atoms with Gasteiger partial charge in [-0.25, -0.2) is 9.59 Å². The highest BCUT2D eigenvalue weighted by Gasteiger charge is 2.53. The van der Waals surface area contributed by atoms with Crippen LogP contribution in [-0.4, -0.2) is 48.5 Å². The monoisotopic (exact) mass is 469 g/mol. The van der Waals surface area contributed by atoms with Crippen LogP contribution in [0.3, 0.4) is 0 Å². The van der Waals surface area contributed by atoms with E-state index in [1.807, 2.05) is 37.3 Å². The van der Waals surface area contributed by atoms with Gasteiger partial charge in [0.05, 0.1) is 11.2 Å². The van der Waals surface area contributed by atoms with Crippen LogP contribution < -0.4 is 16.1 Å². The number of nitrogens with two attached hydrogens (primary N) is 1. The molecule has 1 aliphatic rings. The van der Waals surface area contributed by atoms with Crippen LogP contribution in [0.1, 0.15) is 19.4 Å². The summed E-state index contributed by atoms with van der Waals surface area (Å²) in [7, 11) is 1.42. The molecule has 1 fully saturated rings. The van der Waals surface area contributed by atoms with E-state index in [2.05, 4.69) is 0 Å². The number of hydrogen-bond acceptors (Lipinski definition) is 8. The van der Waals surface area contributed by atoms with E-state index in [0.29, 0.717) is 11.1 Å². The summed E-state index contributed by atoms with van der Waals surface area (Å²) in [4.78, 5) is 24.2. The lowest BCUT2D eigenvalue weighted by atomic mass is 9.89. The molecule has 2 aromatic carbocycles. The number of rotatable bonds is 5. The van der Waals surface area contributed by atoms with E-state index in [4.69, 9.17) is 29.1 Å². The fraction of sp³-hybridized carbons (Fsp3) is 0.360. The Morgan fingerprint density at radius 1 is 1.15 bits per heavy atom. The minimum Gasteiger partial charge on any atom is -0.462 e. The summed E-state index contributed by atoms with van der Waals surface area (Å²) < 4.78 is 27.9. The number of primary amides is 1. The zero-order chi connectivity index (χ0) is 24.6. The summed E-state index contributed by atoms with van der Waals surface area (Å²) >= 11 is 0. The first-order chi connectivity index (χ1) is 16.1. The molecule has 0 radical (unpaired) electrons. The third kappa shape index (κ3) is 4.37. The van der Waals surface area contributed by atoms with E-state index in [-0.39, 0.29) is 5.75 Å². The topological polar surface area (TPSA) is 130 Å². The van der Waals surface area contributed by atoms with Gasteiger partial charge in [-0.3, -0.25) is 0 Å². The molecule has 0 saturated carbocycles. The van der Waals surface area contributed by atoms with Crippen molar-refractivity contribution in [1.82, 2.24) is 0 Å². The number of ether oxygens (including phenoxy) is 4. The maximum atomic E-state index is 12.8. The van der Waals surface area contributed by atoms with Crippen LogP contribution in [0.15, 0.2) is 57.7 Å². The van der Waals surface area contributed by atoms with E-state index in [1.165, 1.54) is 7.11 Å². The van der Waals surface area contributed by atoms with Gasteiger partial charge in [-0.05, 0) is 44.0 Å². The Morgan fingerprint density at radius 2 is 1.85 bits per heavy atom. The Morgan fingerprint density at radius 3 is 2.50 bits per heavy atom. The van der Waals surface area contributed by atoms with E-state index < -0.39 is 41.9 Å². The minimum absolute atomic E-state index is 0.288. The van der Waals surface area contributed by atoms with Crippen molar-refractivity contribution in [1.29, 1.82) is 0 Å². The molecule has 4 rings (SSSR count). The molecule has 1 saturated heterocycles. The predicted octanol–water partition coefficient (Wildman–Crippen LogP) is 3.12. The number of aliphatic hydroxyl groups is 1. The number of amides is 1. The standard InChI is InChI=1S/C25H27NO8/c1-13-16-11-10-15(12-17(16)32-22(28)18(13)14-8-6-5-7-9-14)31-23-19(27)20(33-24(26)29)21(30-4)25(2,3)34-23/h5-12,19-21,23,27H,1-4H3,(H2,26,29)/t19-,20+,21?,23?/m0/s1. The van der Waals surface area contributed by atoms with Crippen LogP contribution in [0.4, 0.5) is 4.79 Å². The molecule has 9 nitrogen and oxygen atoms in total. The van der Waals surface area contributed by atoms with Gasteiger partial charge >= 0.3 is 11.7 Å². The molecular weight excluding hydrogens is 442 g/mol. The summed E-state index contributed by atoms with van der Waals surface area (Å²) in [6.45, 7) is 5.29. The number of hydrogen-bond donors (Lipinski definition) is 2. The Kier molecular flexibility index (Phi) is 6.35. The maximum absolute atomic E-state index is 12.8. The van der Waals surface area contributed by atoms with Gasteiger partial charge in [0.1, 0.15) is 17.4 Å². The lowest BCUT2D eigenvalue weighted by Crippen LogP contribution is -2.65. The van der Waals surface area contributed by atoms with Crippen LogP contribution in [0.25, 0.3) is 22.1 Å². The van der Waals surface area contributed by atoms with Crippen LogP contribution in [0, 0.1) is 6.92 Å². The fourth-order valence-electron chi connectivity index (χ4n) is 4.43. The fourth-order valence-corrected chi connectivity index (χ4v) is 4.43. The molecule has 1 aromatic heterocycles. The predicted molar refractivity (Wildman–Crippen MR) is 123 cm³/mol. The number of benzene rings is 2. The normalized spacial score (nSPS) is 24.0. The smallest absolute Gasteiger partial charge is 0.404 e. The van der Waals surface area contributed by atoms with E-state index in [0.717, 1.165) is 16.5 Å². The van der Waals surface area contributed by atoms with Gasteiger partial charge in [-0.1, -0.05) is 30.3 Å². The molecule has 0 bridgehead atoms. The van der Waals surface area contributed by atoms with Crippen LogP contribution in [0.2, 0.25) is 0 Å². The zero-order valence-corrected chi connectivity index (χ0v) is 19.3. The van der Waals surface area contributed by atoms with Crippen molar-refractivity contribution in [3.63, 3.8) is 0 Å². The maximum Gasteiger partial charge on any atom is 0.404 e. The highest BCUT2D eigenvalue weighted by Crippen LogP contribution is 2.35. The van der Waals surface area contributed by atoms with Gasteiger partial charge in [0, 0.05) is 18.6 Å². The van der Waals surface area contributed by atoms with Gasteiger partial charge in [0.2, 0.25) is 6.29 Å². The Balaban J connectivity index is 1.67. The highest BCUT2D eigenvalue weighted by atomic mass is 16.7. The molecule has 4 atom stereocenters. The molecule has 1 amide bonds. The summed E-state index contributed by atoms with van der Waals surface area (Å²) in [5.41, 5.74) is 6.09. The largest absolute Gasteiger partial charge is 0.462 e. The Bertz CT molecular complexity index is 1250. The third-order valence-corrected chi connectivity index (χ3v) is 5.98. The zero-order valence-electron chi connectivity index (χ0n) is 19.3. The number of carbonyl (C=O) groups excluding carboxylic acids is 1. The average molecular weight is 469 g/mol. The molecular formula is C25H27NO8. The van der Waals surface area contributed by atoms with Crippen LogP contribution in [0.5, 0.6) is 5.75 Å². The van der Waals surface area contributed by atoms with E-state index >= 15 is 0 Å². The molecule has 180 valence electrons. The van der Waals surface area contributed by atoms with Crippen molar-refractivity contribution < 1.29 is 33.3 Å². The van der Waals surface area contributed by atoms with Crippen molar-refractivity contribution in [2.45, 2.75) is 51.0 Å². The van der Waals surface area contributed by atoms with E-state index in [1.54, 1.807) is 32.0 Å². The number of aliphatic hydroxyl groups excluding tert-OH is 1. The quantitative estimate of drug-likeness (QED) is 0.545. The molecule has 9 heteroatoms. The second-order valence-electron chi connectivity index (χ2n) is 8.67. The lowest BCUT2D eigenvalue weighted by molar-refractivity contribution is -0.304. The van der Waals surface area contributed by atoms with Crippen molar-refractivity contribution in [3.8, 4) is 16.9 Å². The lowest BCUT2D eigenvalue weighted by Gasteiger charge is -2.47. The third-order valence-electron chi connectivity index (χ3n) is 5.98. The summed E-state index contributed by atoms with van der Waals surface area (Å²) in [5.74, 6) is 0.288. The molecule has 3 aromatic rings. The first-order valence-electron chi connectivity index (χ1n) is 10.8. The van der Waals surface area contributed by atoms with Crippen molar-refractivity contribution >= 4 is 17.1 Å². The molecule has 1 aliphatic heterocycles. The van der Waals surface area contributed by atoms with Crippen molar-refractivity contribution in [2.24, 2.45) is 5.73 Å². The van der Waals surface area contributed by atoms with E-state index in [9.17, 15) is 14.7 Å². The van der Waals surface area contributed by atoms with Crippen molar-refractivity contribution in [2.75, 3.05) is 7.11 Å². The molecule has 0 spiro atoms. The van der Waals surface area contributed by atoms with Crippen molar-refractivity contribution in [3.05, 3.63) is 64.5 Å². The molecule has 3 N–H and O–H groups in total. The highest BCUT2D eigenvalue weighted by molar-refractivity contribution is 5.87. The summed E-state index contributed by atoms with van der Waals surface area (Å²) in [5, 5.41) is 11.5. The summed E-state index contributed by atoms with van der Waals surface area (Å²) in [6.07, 6.45) is -5.57. The Labute approximate surface area is 196 Å². The SMILES string of the molecule is COC1[C@H](OC(N)=O)[C@H](O)C(Oc2ccc3c(C)c(-c4ccccc4)c(=O)oc3c2)OC1(C)C.